The first kappa shape index (κ1) is 28.2. The van der Waals surface area contributed by atoms with Crippen LogP contribution in [0.1, 0.15) is 24.3 Å². The van der Waals surface area contributed by atoms with Crippen LogP contribution in [0.5, 0.6) is 5.75 Å². The Kier molecular flexibility index (Phi) is 8.24. The molecule has 0 unspecified atom stereocenters. The van der Waals surface area contributed by atoms with E-state index in [0.29, 0.717) is 31.1 Å². The van der Waals surface area contributed by atoms with Crippen LogP contribution in [0.2, 0.25) is 0 Å². The molecule has 0 saturated carbocycles. The van der Waals surface area contributed by atoms with E-state index in [1.807, 2.05) is 88.3 Å². The number of rotatable bonds is 11. The Balaban J connectivity index is 1.51. The van der Waals surface area contributed by atoms with E-state index in [0.717, 1.165) is 32.0 Å². The number of para-hydroxylation sites is 1. The van der Waals surface area contributed by atoms with Crippen LogP contribution >= 0.6 is 11.3 Å². The smallest absolute Gasteiger partial charge is 0.268 e. The number of unbranched alkanes of at least 4 members (excludes halogenated alkanes) is 1. The lowest BCUT2D eigenvalue weighted by Gasteiger charge is -2.18. The summed E-state index contributed by atoms with van der Waals surface area (Å²) in [4.78, 5) is 2.00. The van der Waals surface area contributed by atoms with E-state index in [1.54, 1.807) is 0 Å². The molecule has 2 heterocycles. The van der Waals surface area contributed by atoms with E-state index in [-0.39, 0.29) is 24.3 Å². The fourth-order valence-corrected chi connectivity index (χ4v) is 6.88. The number of aryl methyl sites for hydroxylation is 1. The summed E-state index contributed by atoms with van der Waals surface area (Å²) in [6.07, 6.45) is 2.93. The molecule has 12 heteroatoms. The standard InChI is InChI=1S/C28H28N2O7S3/c31-39(32,33)17-7-6-15-29-24-19-22(21-9-2-1-3-10-21)13-14-25(24)37-27(29)20-28-30(16-8-18-40(34,35)36)23-11-4-5-12-26(23)38-28/h1-5,9-14,19-20H,6-8,15-18H2,(H-,31,32,33,34,35,36)/p+1. The first-order valence-electron chi connectivity index (χ1n) is 12.8. The van der Waals surface area contributed by atoms with Gasteiger partial charge in [-0.3, -0.25) is 9.11 Å². The first-order valence-corrected chi connectivity index (χ1v) is 16.8. The predicted molar refractivity (Wildman–Crippen MR) is 157 cm³/mol. The molecular formula is C28H29N2O7S3+. The summed E-state index contributed by atoms with van der Waals surface area (Å²) in [7, 11) is -8.13. The number of thiazole rings is 1. The molecule has 0 fully saturated rings. The molecule has 0 radical (unpaired) electrons. The largest absolute Gasteiger partial charge is 0.438 e. The third-order valence-corrected chi connectivity index (χ3v) is 9.26. The van der Waals surface area contributed by atoms with Crippen molar-refractivity contribution in [1.29, 1.82) is 0 Å². The third-order valence-electron chi connectivity index (χ3n) is 6.54. The Morgan fingerprint density at radius 3 is 2.27 bits per heavy atom. The van der Waals surface area contributed by atoms with E-state index >= 15 is 0 Å². The lowest BCUT2D eigenvalue weighted by molar-refractivity contribution is -0.668. The maximum atomic E-state index is 11.3. The van der Waals surface area contributed by atoms with Gasteiger partial charge in [0.2, 0.25) is 11.4 Å². The molecule has 0 saturated heterocycles. The Labute approximate surface area is 237 Å². The van der Waals surface area contributed by atoms with Crippen molar-refractivity contribution < 1.29 is 35.2 Å². The van der Waals surface area contributed by atoms with Crippen LogP contribution < -0.4 is 14.2 Å². The zero-order chi connectivity index (χ0) is 28.3. The number of fused-ring (bicyclic) bond motifs is 2. The fraction of sp³-hybridized carbons (Fsp3) is 0.250. The topological polar surface area (TPSA) is 125 Å². The van der Waals surface area contributed by atoms with E-state index in [4.69, 9.17) is 9.29 Å². The highest BCUT2D eigenvalue weighted by atomic mass is 32.2. The number of hydrogen-bond donors (Lipinski definition) is 2. The molecule has 1 aliphatic heterocycles. The molecule has 0 amide bonds. The molecular weight excluding hydrogens is 573 g/mol. The van der Waals surface area contributed by atoms with Crippen molar-refractivity contribution in [2.45, 2.75) is 25.8 Å². The summed E-state index contributed by atoms with van der Waals surface area (Å²) in [5.41, 5.74) is 3.85. The maximum absolute atomic E-state index is 11.3. The van der Waals surface area contributed by atoms with Crippen LogP contribution in [0.15, 0.2) is 78.7 Å². The van der Waals surface area contributed by atoms with Crippen LogP contribution in [-0.4, -0.2) is 44.0 Å². The number of benzene rings is 3. The van der Waals surface area contributed by atoms with Crippen LogP contribution in [-0.2, 0) is 26.8 Å². The van der Waals surface area contributed by atoms with Crippen molar-refractivity contribution in [1.82, 2.24) is 0 Å². The van der Waals surface area contributed by atoms with Gasteiger partial charge in [-0.15, -0.1) is 0 Å². The summed E-state index contributed by atoms with van der Waals surface area (Å²) in [5.74, 6) is 0.563. The SMILES string of the molecule is O=S(=O)(O)CCCCN1C(=Cc2sc3ccccc3[n+]2CCCS(=O)(=O)O)Oc2ccc(-c3ccccc3)cc21. The van der Waals surface area contributed by atoms with Crippen molar-refractivity contribution in [2.75, 3.05) is 23.0 Å². The lowest BCUT2D eigenvalue weighted by Crippen LogP contribution is -2.36. The predicted octanol–water partition coefficient (Wildman–Crippen LogP) is 5.00. The molecule has 1 aliphatic rings. The van der Waals surface area contributed by atoms with Gasteiger partial charge in [-0.05, 0) is 42.2 Å². The number of hydrogen-bond acceptors (Lipinski definition) is 7. The van der Waals surface area contributed by atoms with Gasteiger partial charge in [-0.2, -0.15) is 21.4 Å². The van der Waals surface area contributed by atoms with E-state index < -0.39 is 20.2 Å². The van der Waals surface area contributed by atoms with E-state index in [2.05, 4.69) is 0 Å². The normalized spacial score (nSPS) is 14.6. The van der Waals surface area contributed by atoms with Gasteiger partial charge < -0.3 is 9.64 Å². The van der Waals surface area contributed by atoms with Crippen LogP contribution in [0, 0.1) is 0 Å². The molecule has 210 valence electrons. The number of aromatic nitrogens is 1. The van der Waals surface area contributed by atoms with Gasteiger partial charge in [-0.25, -0.2) is 0 Å². The molecule has 0 bridgehead atoms. The summed E-state index contributed by atoms with van der Waals surface area (Å²) >= 11 is 1.54. The second-order valence-electron chi connectivity index (χ2n) is 9.48. The minimum absolute atomic E-state index is 0.237. The highest BCUT2D eigenvalue weighted by Crippen LogP contribution is 2.42. The third kappa shape index (κ3) is 6.88. The fourth-order valence-electron chi connectivity index (χ4n) is 4.71. The minimum atomic E-state index is -4.08. The Morgan fingerprint density at radius 2 is 1.52 bits per heavy atom. The Hall–Kier alpha value is -3.29. The lowest BCUT2D eigenvalue weighted by atomic mass is 10.0. The average molecular weight is 602 g/mol. The van der Waals surface area contributed by atoms with Crippen molar-refractivity contribution in [3.63, 3.8) is 0 Å². The van der Waals surface area contributed by atoms with Gasteiger partial charge in [0.15, 0.2) is 12.3 Å². The second kappa shape index (κ2) is 11.7. The molecule has 0 spiro atoms. The van der Waals surface area contributed by atoms with Crippen LogP contribution in [0.25, 0.3) is 27.4 Å². The zero-order valence-corrected chi connectivity index (χ0v) is 24.0. The summed E-state index contributed by atoms with van der Waals surface area (Å²) in [6, 6.07) is 23.7. The number of nitrogens with zero attached hydrogens (tertiary/aromatic N) is 2. The molecule has 2 N–H and O–H groups in total. The molecule has 3 aromatic carbocycles. The van der Waals surface area contributed by atoms with Gasteiger partial charge in [0, 0.05) is 19.0 Å². The van der Waals surface area contributed by atoms with Crippen molar-refractivity contribution >= 4 is 53.6 Å². The van der Waals surface area contributed by atoms with Gasteiger partial charge in [0.1, 0.15) is 4.70 Å². The summed E-state index contributed by atoms with van der Waals surface area (Å²) in [5, 5.41) is 0.838. The molecule has 0 atom stereocenters. The molecule has 0 aliphatic carbocycles. The molecule has 40 heavy (non-hydrogen) atoms. The minimum Gasteiger partial charge on any atom is -0.438 e. The van der Waals surface area contributed by atoms with Crippen molar-refractivity contribution in [3.05, 3.63) is 83.7 Å². The van der Waals surface area contributed by atoms with Crippen LogP contribution in [0.3, 0.4) is 0 Å². The molecule has 4 aromatic rings. The maximum Gasteiger partial charge on any atom is 0.268 e. The number of ether oxygens (including phenoxy) is 1. The van der Waals surface area contributed by atoms with E-state index in [1.165, 1.54) is 11.3 Å². The van der Waals surface area contributed by atoms with Gasteiger partial charge in [0.05, 0.1) is 23.3 Å². The van der Waals surface area contributed by atoms with Gasteiger partial charge >= 0.3 is 0 Å². The van der Waals surface area contributed by atoms with Crippen molar-refractivity contribution in [2.24, 2.45) is 0 Å². The quantitative estimate of drug-likeness (QED) is 0.140. The average Bonchev–Trinajstić information content (AvgIpc) is 3.43. The summed E-state index contributed by atoms with van der Waals surface area (Å²) in [6.45, 7) is 0.836. The molecule has 9 nitrogen and oxygen atoms in total. The second-order valence-corrected chi connectivity index (χ2v) is 13.7. The van der Waals surface area contributed by atoms with Gasteiger partial charge in [0.25, 0.3) is 25.2 Å². The van der Waals surface area contributed by atoms with Crippen molar-refractivity contribution in [3.8, 4) is 16.9 Å². The zero-order valence-electron chi connectivity index (χ0n) is 21.5. The monoisotopic (exact) mass is 601 g/mol. The highest BCUT2D eigenvalue weighted by molar-refractivity contribution is 7.86. The highest BCUT2D eigenvalue weighted by Gasteiger charge is 2.29. The Bertz CT molecular complexity index is 1770. The van der Waals surface area contributed by atoms with Crippen LogP contribution in [0.4, 0.5) is 5.69 Å². The van der Waals surface area contributed by atoms with Gasteiger partial charge in [-0.1, -0.05) is 59.9 Å². The molecule has 5 rings (SSSR count). The molecule has 1 aromatic heterocycles. The number of anilines is 1. The Morgan fingerprint density at radius 1 is 0.825 bits per heavy atom. The van der Waals surface area contributed by atoms with E-state index in [9.17, 15) is 21.4 Å². The first-order chi connectivity index (χ1) is 19.1. The summed E-state index contributed by atoms with van der Waals surface area (Å²) < 4.78 is 72.9.